The van der Waals surface area contributed by atoms with Crippen molar-refractivity contribution >= 4 is 17.4 Å². The van der Waals surface area contributed by atoms with Gasteiger partial charge in [0.2, 0.25) is 0 Å². The molecule has 22 heavy (non-hydrogen) atoms. The first-order valence-corrected chi connectivity index (χ1v) is 8.40. The number of para-hydroxylation sites is 1. The lowest BCUT2D eigenvalue weighted by Gasteiger charge is -2.36. The second kappa shape index (κ2) is 5.91. The van der Waals surface area contributed by atoms with Gasteiger partial charge in [0.1, 0.15) is 12.0 Å². The standard InChI is InChI=1S/C17H18FN3S/c18-12-5-6-15-13(11-12)17(21-9-7-19-8-10-21)20-14-3-1-2-4-16(14)22-15/h1-6,11,17,19-20H,7-10H2. The third kappa shape index (κ3) is 2.60. The first-order chi connectivity index (χ1) is 10.8. The molecule has 4 rings (SSSR count). The van der Waals surface area contributed by atoms with Gasteiger partial charge in [-0.05, 0) is 30.3 Å². The van der Waals surface area contributed by atoms with E-state index in [4.69, 9.17) is 0 Å². The summed E-state index contributed by atoms with van der Waals surface area (Å²) in [5, 5.41) is 7.00. The number of nitrogens with zero attached hydrogens (tertiary/aromatic N) is 1. The largest absolute Gasteiger partial charge is 0.365 e. The topological polar surface area (TPSA) is 27.3 Å². The summed E-state index contributed by atoms with van der Waals surface area (Å²) in [6, 6.07) is 13.4. The number of anilines is 1. The summed E-state index contributed by atoms with van der Waals surface area (Å²) in [4.78, 5) is 4.70. The smallest absolute Gasteiger partial charge is 0.123 e. The highest BCUT2D eigenvalue weighted by atomic mass is 32.2. The summed E-state index contributed by atoms with van der Waals surface area (Å²) in [5.41, 5.74) is 2.15. The molecule has 0 radical (unpaired) electrons. The van der Waals surface area contributed by atoms with Crippen LogP contribution in [0, 0.1) is 5.82 Å². The Morgan fingerprint density at radius 3 is 2.73 bits per heavy atom. The minimum Gasteiger partial charge on any atom is -0.365 e. The second-order valence-electron chi connectivity index (χ2n) is 5.61. The average Bonchev–Trinajstić information content (AvgIpc) is 2.72. The molecule has 2 aliphatic heterocycles. The highest BCUT2D eigenvalue weighted by Crippen LogP contribution is 2.43. The van der Waals surface area contributed by atoms with Gasteiger partial charge in [0.05, 0.1) is 0 Å². The van der Waals surface area contributed by atoms with Gasteiger partial charge in [-0.15, -0.1) is 0 Å². The van der Waals surface area contributed by atoms with Crippen LogP contribution in [-0.2, 0) is 0 Å². The maximum Gasteiger partial charge on any atom is 0.123 e. The van der Waals surface area contributed by atoms with E-state index in [9.17, 15) is 4.39 Å². The Labute approximate surface area is 133 Å². The van der Waals surface area contributed by atoms with Crippen LogP contribution in [0.3, 0.4) is 0 Å². The maximum atomic E-state index is 13.8. The normalized spacial score (nSPS) is 21.4. The number of piperazine rings is 1. The molecule has 0 aromatic heterocycles. The van der Waals surface area contributed by atoms with Gasteiger partial charge in [-0.1, -0.05) is 23.9 Å². The van der Waals surface area contributed by atoms with E-state index in [1.165, 1.54) is 4.90 Å². The van der Waals surface area contributed by atoms with Gasteiger partial charge in [-0.2, -0.15) is 0 Å². The molecule has 0 spiro atoms. The van der Waals surface area contributed by atoms with E-state index in [0.717, 1.165) is 42.3 Å². The summed E-state index contributed by atoms with van der Waals surface area (Å²) < 4.78 is 13.8. The number of rotatable bonds is 1. The summed E-state index contributed by atoms with van der Waals surface area (Å²) in [6.07, 6.45) is 0.0175. The van der Waals surface area contributed by atoms with Crippen LogP contribution >= 0.6 is 11.8 Å². The summed E-state index contributed by atoms with van der Waals surface area (Å²) >= 11 is 1.71. The summed E-state index contributed by atoms with van der Waals surface area (Å²) in [7, 11) is 0. The maximum absolute atomic E-state index is 13.8. The fourth-order valence-corrected chi connectivity index (χ4v) is 4.12. The minimum atomic E-state index is -0.174. The number of benzene rings is 2. The molecular formula is C17H18FN3S. The van der Waals surface area contributed by atoms with Crippen molar-refractivity contribution in [2.75, 3.05) is 31.5 Å². The molecule has 5 heteroatoms. The van der Waals surface area contributed by atoms with Crippen molar-refractivity contribution in [3.63, 3.8) is 0 Å². The lowest BCUT2D eigenvalue weighted by Crippen LogP contribution is -2.47. The van der Waals surface area contributed by atoms with Gasteiger partial charge in [0.25, 0.3) is 0 Å². The fraction of sp³-hybridized carbons (Fsp3) is 0.294. The van der Waals surface area contributed by atoms with Crippen molar-refractivity contribution in [2.24, 2.45) is 0 Å². The molecule has 1 unspecified atom stereocenters. The van der Waals surface area contributed by atoms with Crippen LogP contribution < -0.4 is 10.6 Å². The van der Waals surface area contributed by atoms with E-state index < -0.39 is 0 Å². The molecule has 0 amide bonds. The number of halogens is 1. The first-order valence-electron chi connectivity index (χ1n) is 7.59. The quantitative estimate of drug-likeness (QED) is 0.844. The highest BCUT2D eigenvalue weighted by molar-refractivity contribution is 7.99. The predicted octanol–water partition coefficient (Wildman–Crippen LogP) is 3.31. The molecular weight excluding hydrogens is 297 g/mol. The van der Waals surface area contributed by atoms with E-state index in [1.54, 1.807) is 23.9 Å². The summed E-state index contributed by atoms with van der Waals surface area (Å²) in [6.45, 7) is 3.86. The molecule has 0 bridgehead atoms. The number of nitrogens with one attached hydrogen (secondary N) is 2. The van der Waals surface area contributed by atoms with E-state index in [1.807, 2.05) is 18.2 Å². The zero-order valence-corrected chi connectivity index (χ0v) is 13.0. The lowest BCUT2D eigenvalue weighted by atomic mass is 10.1. The fourth-order valence-electron chi connectivity index (χ4n) is 3.07. The number of fused-ring (bicyclic) bond motifs is 2. The first kappa shape index (κ1) is 14.1. The van der Waals surface area contributed by atoms with E-state index in [-0.39, 0.29) is 12.0 Å². The molecule has 1 atom stereocenters. The Balaban J connectivity index is 1.80. The van der Waals surface area contributed by atoms with E-state index in [0.29, 0.717) is 0 Å². The van der Waals surface area contributed by atoms with Gasteiger partial charge in [0, 0.05) is 47.2 Å². The van der Waals surface area contributed by atoms with Crippen LogP contribution in [0.4, 0.5) is 10.1 Å². The van der Waals surface area contributed by atoms with E-state index >= 15 is 0 Å². The highest BCUT2D eigenvalue weighted by Gasteiger charge is 2.28. The van der Waals surface area contributed by atoms with Crippen molar-refractivity contribution < 1.29 is 4.39 Å². The zero-order chi connectivity index (χ0) is 14.9. The molecule has 0 aliphatic carbocycles. The molecule has 114 valence electrons. The van der Waals surface area contributed by atoms with Gasteiger partial charge in [0.15, 0.2) is 0 Å². The van der Waals surface area contributed by atoms with Crippen molar-refractivity contribution in [3.8, 4) is 0 Å². The molecule has 0 saturated carbocycles. The lowest BCUT2D eigenvalue weighted by molar-refractivity contribution is 0.189. The molecule has 2 aliphatic rings. The molecule has 1 saturated heterocycles. The molecule has 2 N–H and O–H groups in total. The molecule has 2 aromatic rings. The van der Waals surface area contributed by atoms with Crippen LogP contribution in [0.5, 0.6) is 0 Å². The Morgan fingerprint density at radius 2 is 1.86 bits per heavy atom. The molecule has 3 nitrogen and oxygen atoms in total. The van der Waals surface area contributed by atoms with Crippen LogP contribution in [0.25, 0.3) is 0 Å². The third-order valence-corrected chi connectivity index (χ3v) is 5.35. The zero-order valence-electron chi connectivity index (χ0n) is 12.2. The Morgan fingerprint density at radius 1 is 1.05 bits per heavy atom. The molecule has 2 heterocycles. The molecule has 1 fully saturated rings. The monoisotopic (exact) mass is 315 g/mol. The molecule has 2 aromatic carbocycles. The van der Waals surface area contributed by atoms with Crippen LogP contribution in [-0.4, -0.2) is 31.1 Å². The van der Waals surface area contributed by atoms with Gasteiger partial charge in [-0.25, -0.2) is 4.39 Å². The Bertz CT molecular complexity index is 685. The Hall–Kier alpha value is -1.56. The van der Waals surface area contributed by atoms with Gasteiger partial charge < -0.3 is 10.6 Å². The number of hydrogen-bond acceptors (Lipinski definition) is 4. The second-order valence-corrected chi connectivity index (χ2v) is 6.70. The average molecular weight is 315 g/mol. The van der Waals surface area contributed by atoms with Crippen LogP contribution in [0.1, 0.15) is 11.7 Å². The SMILES string of the molecule is Fc1ccc2c(c1)C(N1CCNCC1)Nc1ccccc1S2. The van der Waals surface area contributed by atoms with Crippen molar-refractivity contribution in [1.82, 2.24) is 10.2 Å². The Kier molecular flexibility index (Phi) is 3.78. The number of hydrogen-bond donors (Lipinski definition) is 2. The third-order valence-electron chi connectivity index (χ3n) is 4.18. The van der Waals surface area contributed by atoms with Crippen molar-refractivity contribution in [2.45, 2.75) is 16.0 Å². The van der Waals surface area contributed by atoms with Crippen molar-refractivity contribution in [3.05, 3.63) is 53.8 Å². The van der Waals surface area contributed by atoms with Crippen molar-refractivity contribution in [1.29, 1.82) is 0 Å². The van der Waals surface area contributed by atoms with Crippen LogP contribution in [0.15, 0.2) is 52.3 Å². The minimum absolute atomic E-state index is 0.0175. The van der Waals surface area contributed by atoms with Gasteiger partial charge >= 0.3 is 0 Å². The predicted molar refractivity (Wildman–Crippen MR) is 87.8 cm³/mol. The van der Waals surface area contributed by atoms with Gasteiger partial charge in [-0.3, -0.25) is 4.90 Å². The van der Waals surface area contributed by atoms with E-state index in [2.05, 4.69) is 27.7 Å². The van der Waals surface area contributed by atoms with Crippen LogP contribution in [0.2, 0.25) is 0 Å². The summed E-state index contributed by atoms with van der Waals surface area (Å²) in [5.74, 6) is -0.174.